The van der Waals surface area contributed by atoms with Crippen LogP contribution < -0.4 is 0 Å². The van der Waals surface area contributed by atoms with Crippen LogP contribution in [0.5, 0.6) is 0 Å². The fraction of sp³-hybridized carbons (Fsp3) is 0. The molecule has 4 heteroatoms. The number of hydrogen-bond donors (Lipinski definition) is 0. The molecular weight excluding hydrogens is 200 g/mol. The van der Waals surface area contributed by atoms with E-state index in [0.717, 1.165) is 0 Å². The maximum absolute atomic E-state index is 0. The smallest absolute Gasteiger partial charge is 0 e. The predicted molar refractivity (Wildman–Crippen MR) is 15.1 cm³/mol. The van der Waals surface area contributed by atoms with E-state index in [4.69, 9.17) is 0 Å². The molecule has 1 nitrogen and oxygen atoms in total. The van der Waals surface area contributed by atoms with Crippen LogP contribution in [0.3, 0.4) is 0 Å². The number of hydrogen-bond acceptors (Lipinski definition) is 0. The largest absolute Gasteiger partial charge is 0.412 e. The van der Waals surface area contributed by atoms with Gasteiger partial charge in [0.15, 0.2) is 0 Å². The maximum atomic E-state index is 0. The Labute approximate surface area is 103 Å². The van der Waals surface area contributed by atoms with Gasteiger partial charge in [-0.15, -0.1) is 0 Å². The Balaban J connectivity index is 0. The Hall–Kier alpha value is 3.22. The van der Waals surface area contributed by atoms with E-state index in [1.807, 2.05) is 0 Å². The van der Waals surface area contributed by atoms with Crippen LogP contribution in [0, 0.1) is 0 Å². The minimum absolute atomic E-state index is 0. The zero-order valence-electron chi connectivity index (χ0n) is 2.27. The van der Waals surface area contributed by atoms with Crippen LogP contribution in [0.1, 0.15) is 0 Å². The van der Waals surface area contributed by atoms with Crippen molar-refractivity contribution in [1.82, 2.24) is 0 Å². The van der Waals surface area contributed by atoms with E-state index in [9.17, 15) is 0 Å². The molecule has 0 aromatic rings. The molecule has 20 valence electrons. The average molecular weight is 202 g/mol. The van der Waals surface area contributed by atoms with E-state index in [1.165, 1.54) is 0 Å². The van der Waals surface area contributed by atoms with Gasteiger partial charge in [-0.25, -0.2) is 0 Å². The van der Waals surface area contributed by atoms with Crippen LogP contribution in [0.2, 0.25) is 0 Å². The van der Waals surface area contributed by atoms with Crippen molar-refractivity contribution in [1.29, 1.82) is 0 Å². The molecule has 0 saturated carbocycles. The Bertz CT molecular complexity index is 8.00. The molecule has 2 N–H and O–H groups in total. The SMILES string of the molecule is O.[Ca].[Fe].[Sr]. The summed E-state index contributed by atoms with van der Waals surface area (Å²) in [6.45, 7) is 0. The molecule has 0 unspecified atom stereocenters. The summed E-state index contributed by atoms with van der Waals surface area (Å²) in [6.07, 6.45) is 0. The summed E-state index contributed by atoms with van der Waals surface area (Å²) in [5.74, 6) is 0. The van der Waals surface area contributed by atoms with Gasteiger partial charge < -0.3 is 5.48 Å². The van der Waals surface area contributed by atoms with E-state index in [2.05, 4.69) is 0 Å². The Morgan fingerprint density at radius 3 is 1.00 bits per heavy atom. The molecule has 0 aromatic heterocycles. The molecule has 0 bridgehead atoms. The third kappa shape index (κ3) is 8.97. The summed E-state index contributed by atoms with van der Waals surface area (Å²) in [5, 5.41) is 0. The second-order valence-electron chi connectivity index (χ2n) is 0. The second-order valence-corrected chi connectivity index (χ2v) is 0. The molecular formula is H2CaFeOSr. The van der Waals surface area contributed by atoms with E-state index < -0.39 is 0 Å². The first-order valence-electron chi connectivity index (χ1n) is 0. The van der Waals surface area contributed by atoms with Crippen LogP contribution in [0.15, 0.2) is 0 Å². The molecule has 0 amide bonds. The van der Waals surface area contributed by atoms with E-state index in [0.29, 0.717) is 0 Å². The molecule has 0 rings (SSSR count). The van der Waals surface area contributed by atoms with Crippen molar-refractivity contribution >= 4 is 83.2 Å². The van der Waals surface area contributed by atoms with Gasteiger partial charge in [0.2, 0.25) is 0 Å². The van der Waals surface area contributed by atoms with E-state index >= 15 is 0 Å². The molecule has 0 aliphatic carbocycles. The van der Waals surface area contributed by atoms with Crippen LogP contribution in [0.25, 0.3) is 0 Å². The summed E-state index contributed by atoms with van der Waals surface area (Å²) in [4.78, 5) is 0. The Kier molecular flexibility index (Phi) is 110. The summed E-state index contributed by atoms with van der Waals surface area (Å²) in [7, 11) is 0. The molecule has 0 atom stereocenters. The van der Waals surface area contributed by atoms with Gasteiger partial charge in [0.05, 0.1) is 0 Å². The van der Waals surface area contributed by atoms with Gasteiger partial charge in [-0.3, -0.25) is 0 Å². The fourth-order valence-electron chi connectivity index (χ4n) is 0. The topological polar surface area (TPSA) is 31.5 Å². The normalized spacial score (nSPS) is 0. The molecule has 0 saturated heterocycles. The average Bonchev–Trinajstić information content (AvgIpc) is 0. The summed E-state index contributed by atoms with van der Waals surface area (Å²) in [6, 6.07) is 0. The third-order valence-electron chi connectivity index (χ3n) is 0. The van der Waals surface area contributed by atoms with Crippen molar-refractivity contribution in [3.63, 3.8) is 0 Å². The van der Waals surface area contributed by atoms with Gasteiger partial charge in [-0.2, -0.15) is 0 Å². The van der Waals surface area contributed by atoms with Crippen LogP contribution in [0.4, 0.5) is 0 Å². The monoisotopic (exact) mass is 202 g/mol. The van der Waals surface area contributed by atoms with Gasteiger partial charge in [-0.1, -0.05) is 0 Å². The molecule has 4 radical (unpaired) electrons. The summed E-state index contributed by atoms with van der Waals surface area (Å²) >= 11 is 0. The summed E-state index contributed by atoms with van der Waals surface area (Å²) < 4.78 is 0. The summed E-state index contributed by atoms with van der Waals surface area (Å²) in [5.41, 5.74) is 0. The van der Waals surface area contributed by atoms with Crippen molar-refractivity contribution in [2.75, 3.05) is 0 Å². The molecule has 0 spiro atoms. The predicted octanol–water partition coefficient (Wildman–Crippen LogP) is -1.59. The first-order valence-corrected chi connectivity index (χ1v) is 0. The third-order valence-corrected chi connectivity index (χ3v) is 0. The van der Waals surface area contributed by atoms with Gasteiger partial charge in [0, 0.05) is 100 Å². The van der Waals surface area contributed by atoms with Crippen molar-refractivity contribution in [3.05, 3.63) is 0 Å². The minimum Gasteiger partial charge on any atom is -0.412 e. The molecule has 0 aliphatic heterocycles. The zero-order valence-corrected chi connectivity index (χ0v) is 9.06. The van der Waals surface area contributed by atoms with Crippen LogP contribution in [-0.2, 0) is 17.1 Å². The quantitative estimate of drug-likeness (QED) is 0.424. The maximum Gasteiger partial charge on any atom is 0 e. The van der Waals surface area contributed by atoms with Gasteiger partial charge >= 0.3 is 0 Å². The van der Waals surface area contributed by atoms with E-state index in [-0.39, 0.29) is 106 Å². The molecule has 0 heterocycles. The Morgan fingerprint density at radius 1 is 1.00 bits per heavy atom. The molecule has 0 aromatic carbocycles. The van der Waals surface area contributed by atoms with Crippen molar-refractivity contribution in [3.8, 4) is 0 Å². The fourth-order valence-corrected chi connectivity index (χ4v) is 0. The van der Waals surface area contributed by atoms with Gasteiger partial charge in [0.1, 0.15) is 0 Å². The first kappa shape index (κ1) is 26.9. The van der Waals surface area contributed by atoms with Crippen molar-refractivity contribution in [2.45, 2.75) is 0 Å². The van der Waals surface area contributed by atoms with Crippen LogP contribution in [-0.4, -0.2) is 88.7 Å². The van der Waals surface area contributed by atoms with Crippen molar-refractivity contribution in [2.24, 2.45) is 0 Å². The van der Waals surface area contributed by atoms with Gasteiger partial charge in [0.25, 0.3) is 0 Å². The molecule has 4 heavy (non-hydrogen) atoms. The minimum atomic E-state index is 0. The Morgan fingerprint density at radius 2 is 1.00 bits per heavy atom. The zero-order chi connectivity index (χ0) is 0. The standard InChI is InChI=1S/Ca.Fe.H2O.Sr/h;;1H2;. The second kappa shape index (κ2) is 16.3. The van der Waals surface area contributed by atoms with Crippen LogP contribution >= 0.6 is 0 Å². The molecule has 0 aliphatic rings. The van der Waals surface area contributed by atoms with Crippen molar-refractivity contribution < 1.29 is 22.5 Å². The van der Waals surface area contributed by atoms with Gasteiger partial charge in [-0.05, 0) is 0 Å². The first-order chi connectivity index (χ1) is 0. The van der Waals surface area contributed by atoms with E-state index in [1.54, 1.807) is 0 Å². The number of rotatable bonds is 0. The molecule has 0 fully saturated rings.